The van der Waals surface area contributed by atoms with Gasteiger partial charge in [-0.3, -0.25) is 25.5 Å². The molecule has 8 nitrogen and oxygen atoms in total. The Balaban J connectivity index is 1.71. The van der Waals surface area contributed by atoms with Crippen LogP contribution in [0.5, 0.6) is 0 Å². The van der Waals surface area contributed by atoms with Crippen LogP contribution in [0.2, 0.25) is 0 Å². The maximum absolute atomic E-state index is 12.0. The average molecular weight is 285 g/mol. The SMILES string of the molecule is Cc1cc(C(=O)NNC(=O)c2n[nH]c3ccccc23)no1. The molecule has 1 aromatic carbocycles. The first-order chi connectivity index (χ1) is 10.1. The second-order valence-corrected chi connectivity index (χ2v) is 4.35. The molecule has 3 aromatic rings. The molecule has 3 N–H and O–H groups in total. The van der Waals surface area contributed by atoms with Crippen LogP contribution in [0.25, 0.3) is 10.9 Å². The lowest BCUT2D eigenvalue weighted by Crippen LogP contribution is -2.42. The van der Waals surface area contributed by atoms with Gasteiger partial charge in [0, 0.05) is 11.5 Å². The van der Waals surface area contributed by atoms with E-state index in [1.807, 2.05) is 6.07 Å². The molecule has 0 aliphatic carbocycles. The van der Waals surface area contributed by atoms with Crippen LogP contribution in [0.1, 0.15) is 26.7 Å². The zero-order valence-electron chi connectivity index (χ0n) is 11.0. The number of carbonyl (C=O) groups is 2. The summed E-state index contributed by atoms with van der Waals surface area (Å²) in [5.74, 6) is -0.592. The van der Waals surface area contributed by atoms with Crippen molar-refractivity contribution in [1.82, 2.24) is 26.2 Å². The molecule has 2 aromatic heterocycles. The van der Waals surface area contributed by atoms with Crippen LogP contribution in [0.15, 0.2) is 34.9 Å². The predicted molar refractivity (Wildman–Crippen MR) is 72.3 cm³/mol. The Bertz CT molecular complexity index is 820. The molecule has 21 heavy (non-hydrogen) atoms. The van der Waals surface area contributed by atoms with Crippen LogP contribution in [0, 0.1) is 6.92 Å². The van der Waals surface area contributed by atoms with Crippen molar-refractivity contribution in [3.05, 3.63) is 47.5 Å². The van der Waals surface area contributed by atoms with Gasteiger partial charge >= 0.3 is 0 Å². The molecule has 8 heteroatoms. The third-order valence-electron chi connectivity index (χ3n) is 2.84. The minimum absolute atomic E-state index is 0.0830. The van der Waals surface area contributed by atoms with Crippen molar-refractivity contribution in [2.45, 2.75) is 6.92 Å². The summed E-state index contributed by atoms with van der Waals surface area (Å²) in [7, 11) is 0. The number of para-hydroxylation sites is 1. The zero-order valence-corrected chi connectivity index (χ0v) is 11.0. The summed E-state index contributed by atoms with van der Waals surface area (Å²) < 4.78 is 4.78. The highest BCUT2D eigenvalue weighted by molar-refractivity contribution is 6.05. The fourth-order valence-electron chi connectivity index (χ4n) is 1.85. The summed E-state index contributed by atoms with van der Waals surface area (Å²) in [4.78, 5) is 23.7. The summed E-state index contributed by atoms with van der Waals surface area (Å²) in [5.41, 5.74) is 5.55. The number of aromatic amines is 1. The lowest BCUT2D eigenvalue weighted by Gasteiger charge is -2.03. The Morgan fingerprint density at radius 3 is 2.71 bits per heavy atom. The van der Waals surface area contributed by atoms with Crippen molar-refractivity contribution >= 4 is 22.7 Å². The number of nitrogens with one attached hydrogen (secondary N) is 3. The van der Waals surface area contributed by atoms with Gasteiger partial charge in [0.15, 0.2) is 11.4 Å². The molecule has 0 bridgehead atoms. The Kier molecular flexibility index (Phi) is 3.11. The van der Waals surface area contributed by atoms with E-state index in [-0.39, 0.29) is 11.4 Å². The Morgan fingerprint density at radius 1 is 1.19 bits per heavy atom. The van der Waals surface area contributed by atoms with E-state index in [2.05, 4.69) is 26.2 Å². The van der Waals surface area contributed by atoms with Gasteiger partial charge in [0.25, 0.3) is 11.8 Å². The first kappa shape index (κ1) is 12.9. The Labute approximate surface area is 118 Å². The molecule has 106 valence electrons. The van der Waals surface area contributed by atoms with Crippen molar-refractivity contribution in [3.8, 4) is 0 Å². The van der Waals surface area contributed by atoms with E-state index in [4.69, 9.17) is 4.52 Å². The van der Waals surface area contributed by atoms with E-state index in [0.29, 0.717) is 11.1 Å². The van der Waals surface area contributed by atoms with Crippen LogP contribution < -0.4 is 10.9 Å². The van der Waals surface area contributed by atoms with Crippen molar-refractivity contribution in [1.29, 1.82) is 0 Å². The van der Waals surface area contributed by atoms with Crippen molar-refractivity contribution in [2.24, 2.45) is 0 Å². The van der Waals surface area contributed by atoms with Crippen molar-refractivity contribution in [2.75, 3.05) is 0 Å². The van der Waals surface area contributed by atoms with Gasteiger partial charge in [0.2, 0.25) is 0 Å². The molecule has 0 radical (unpaired) electrons. The van der Waals surface area contributed by atoms with Gasteiger partial charge < -0.3 is 4.52 Å². The highest BCUT2D eigenvalue weighted by Gasteiger charge is 2.16. The summed E-state index contributed by atoms with van der Waals surface area (Å²) in [5, 5.41) is 10.9. The fourth-order valence-corrected chi connectivity index (χ4v) is 1.85. The largest absolute Gasteiger partial charge is 0.361 e. The van der Waals surface area contributed by atoms with Gasteiger partial charge in [-0.05, 0) is 13.0 Å². The summed E-state index contributed by atoms with van der Waals surface area (Å²) in [6, 6.07) is 8.65. The number of amides is 2. The van der Waals surface area contributed by atoms with E-state index in [0.717, 1.165) is 5.52 Å². The molecule has 0 spiro atoms. The van der Waals surface area contributed by atoms with Crippen LogP contribution in [-0.4, -0.2) is 27.2 Å². The Hall–Kier alpha value is -3.16. The van der Waals surface area contributed by atoms with Crippen molar-refractivity contribution in [3.63, 3.8) is 0 Å². The van der Waals surface area contributed by atoms with E-state index < -0.39 is 11.8 Å². The number of aryl methyl sites for hydroxylation is 1. The lowest BCUT2D eigenvalue weighted by atomic mass is 10.2. The number of fused-ring (bicyclic) bond motifs is 1. The van der Waals surface area contributed by atoms with Gasteiger partial charge in [-0.25, -0.2) is 0 Å². The third kappa shape index (κ3) is 2.46. The minimum atomic E-state index is -0.569. The molecule has 0 aliphatic rings. The molecule has 0 unspecified atom stereocenters. The standard InChI is InChI=1S/C13H11N5O3/c1-7-6-10(18-21-7)12(19)16-17-13(20)11-8-4-2-3-5-9(8)14-15-11/h2-6H,1H3,(H,14,15)(H,16,19)(H,17,20). The molecule has 3 rings (SSSR count). The Morgan fingerprint density at radius 2 is 1.95 bits per heavy atom. The number of H-pyrrole nitrogens is 1. The third-order valence-corrected chi connectivity index (χ3v) is 2.84. The maximum Gasteiger partial charge on any atom is 0.291 e. The number of carbonyl (C=O) groups excluding carboxylic acids is 2. The van der Waals surface area contributed by atoms with E-state index >= 15 is 0 Å². The minimum Gasteiger partial charge on any atom is -0.361 e. The summed E-state index contributed by atoms with van der Waals surface area (Å²) in [6.07, 6.45) is 0. The number of hydrazine groups is 1. The second kappa shape index (κ2) is 5.08. The monoisotopic (exact) mass is 285 g/mol. The zero-order chi connectivity index (χ0) is 14.8. The van der Waals surface area contributed by atoms with Gasteiger partial charge in [-0.15, -0.1) is 0 Å². The molecule has 2 amide bonds. The molecule has 0 aliphatic heterocycles. The molecule has 0 atom stereocenters. The molecule has 0 fully saturated rings. The summed E-state index contributed by atoms with van der Waals surface area (Å²) >= 11 is 0. The second-order valence-electron chi connectivity index (χ2n) is 4.35. The van der Waals surface area contributed by atoms with Gasteiger partial charge in [-0.2, -0.15) is 5.10 Å². The van der Waals surface area contributed by atoms with Gasteiger partial charge in [-0.1, -0.05) is 23.4 Å². The molecule has 0 saturated carbocycles. The highest BCUT2D eigenvalue weighted by atomic mass is 16.5. The number of benzene rings is 1. The predicted octanol–water partition coefficient (Wildman–Crippen LogP) is 0.934. The quantitative estimate of drug-likeness (QED) is 0.606. The van der Waals surface area contributed by atoms with E-state index in [1.54, 1.807) is 25.1 Å². The molecule has 0 saturated heterocycles. The normalized spacial score (nSPS) is 10.5. The number of aromatic nitrogens is 3. The van der Waals surface area contributed by atoms with E-state index in [1.165, 1.54) is 6.07 Å². The molecular formula is C13H11N5O3. The van der Waals surface area contributed by atoms with Crippen LogP contribution in [0.4, 0.5) is 0 Å². The number of hydrogen-bond donors (Lipinski definition) is 3. The van der Waals surface area contributed by atoms with Crippen molar-refractivity contribution < 1.29 is 14.1 Å². The smallest absolute Gasteiger partial charge is 0.291 e. The number of nitrogens with zero attached hydrogens (tertiary/aromatic N) is 2. The van der Waals surface area contributed by atoms with Gasteiger partial charge in [0.05, 0.1) is 5.52 Å². The van der Waals surface area contributed by atoms with E-state index in [9.17, 15) is 9.59 Å². The fraction of sp³-hybridized carbons (Fsp3) is 0.0769. The first-order valence-corrected chi connectivity index (χ1v) is 6.12. The number of rotatable bonds is 2. The molecule has 2 heterocycles. The average Bonchev–Trinajstić information content (AvgIpc) is 3.10. The van der Waals surface area contributed by atoms with Crippen LogP contribution >= 0.6 is 0 Å². The topological polar surface area (TPSA) is 113 Å². The first-order valence-electron chi connectivity index (χ1n) is 6.12. The lowest BCUT2D eigenvalue weighted by molar-refractivity contribution is 0.0839. The van der Waals surface area contributed by atoms with Crippen LogP contribution in [-0.2, 0) is 0 Å². The van der Waals surface area contributed by atoms with Crippen LogP contribution in [0.3, 0.4) is 0 Å². The number of hydrogen-bond acceptors (Lipinski definition) is 5. The van der Waals surface area contributed by atoms with Gasteiger partial charge in [0.1, 0.15) is 5.76 Å². The summed E-state index contributed by atoms with van der Waals surface area (Å²) in [6.45, 7) is 1.66. The molecular weight excluding hydrogens is 274 g/mol. The maximum atomic E-state index is 12.0. The highest BCUT2D eigenvalue weighted by Crippen LogP contribution is 2.14.